The number of thiophene rings is 1. The molecule has 0 spiro atoms. The fraction of sp³-hybridized carbons (Fsp3) is 0.571. The molecule has 1 aliphatic rings. The van der Waals surface area contributed by atoms with Crippen molar-refractivity contribution in [1.29, 1.82) is 0 Å². The highest BCUT2D eigenvalue weighted by molar-refractivity contribution is 7.13. The van der Waals surface area contributed by atoms with E-state index in [1.807, 2.05) is 17.5 Å². The Morgan fingerprint density at radius 1 is 1.50 bits per heavy atom. The maximum absolute atomic E-state index is 5.71. The first-order valence-electron chi connectivity index (χ1n) is 7.14. The summed E-state index contributed by atoms with van der Waals surface area (Å²) in [6.45, 7) is 4.21. The van der Waals surface area contributed by atoms with Crippen LogP contribution in [-0.2, 0) is 6.42 Å². The zero-order valence-corrected chi connectivity index (χ0v) is 12.3. The largest absolute Gasteiger partial charge is 0.339 e. The zero-order chi connectivity index (χ0) is 13.8. The van der Waals surface area contributed by atoms with E-state index in [0.717, 1.165) is 43.2 Å². The summed E-state index contributed by atoms with van der Waals surface area (Å²) in [7, 11) is 0. The minimum atomic E-state index is 0.684. The Balaban J connectivity index is 1.45. The number of hydrogen-bond acceptors (Lipinski definition) is 6. The van der Waals surface area contributed by atoms with E-state index in [9.17, 15) is 0 Å². The molecule has 0 saturated carbocycles. The maximum Gasteiger partial charge on any atom is 0.227 e. The molecule has 6 heteroatoms. The van der Waals surface area contributed by atoms with Crippen molar-refractivity contribution in [2.45, 2.75) is 19.3 Å². The van der Waals surface area contributed by atoms with E-state index in [-0.39, 0.29) is 0 Å². The van der Waals surface area contributed by atoms with Crippen LogP contribution in [0.25, 0.3) is 10.7 Å². The molecule has 108 valence electrons. The maximum atomic E-state index is 5.71. The smallest absolute Gasteiger partial charge is 0.227 e. The van der Waals surface area contributed by atoms with Crippen LogP contribution >= 0.6 is 11.3 Å². The van der Waals surface area contributed by atoms with Gasteiger partial charge in [-0.1, -0.05) is 11.2 Å². The summed E-state index contributed by atoms with van der Waals surface area (Å²) in [5.41, 5.74) is 5.71. The zero-order valence-electron chi connectivity index (χ0n) is 11.5. The first-order valence-corrected chi connectivity index (χ1v) is 8.02. The molecule has 1 fully saturated rings. The summed E-state index contributed by atoms with van der Waals surface area (Å²) in [6.07, 6.45) is 3.14. The number of likely N-dealkylation sites (tertiary alicyclic amines) is 1. The molecular formula is C14H20N4OS. The summed E-state index contributed by atoms with van der Waals surface area (Å²) >= 11 is 1.63. The lowest BCUT2D eigenvalue weighted by molar-refractivity contribution is 0.309. The van der Waals surface area contributed by atoms with E-state index in [4.69, 9.17) is 10.3 Å². The van der Waals surface area contributed by atoms with Crippen molar-refractivity contribution in [3.63, 3.8) is 0 Å². The fourth-order valence-corrected chi connectivity index (χ4v) is 3.27. The second-order valence-electron chi connectivity index (χ2n) is 5.28. The van der Waals surface area contributed by atoms with E-state index in [1.54, 1.807) is 11.3 Å². The molecule has 0 amide bonds. The van der Waals surface area contributed by atoms with Gasteiger partial charge in [0, 0.05) is 13.0 Å². The Morgan fingerprint density at radius 3 is 3.20 bits per heavy atom. The number of nitrogens with zero attached hydrogens (tertiary/aromatic N) is 3. The summed E-state index contributed by atoms with van der Waals surface area (Å²) < 4.78 is 5.30. The Bertz CT molecular complexity index is 525. The topological polar surface area (TPSA) is 68.2 Å². The van der Waals surface area contributed by atoms with Gasteiger partial charge in [0.1, 0.15) is 0 Å². The second kappa shape index (κ2) is 6.47. The molecule has 20 heavy (non-hydrogen) atoms. The first kappa shape index (κ1) is 13.7. The predicted molar refractivity (Wildman–Crippen MR) is 79.5 cm³/mol. The van der Waals surface area contributed by atoms with Gasteiger partial charge in [0.2, 0.25) is 11.7 Å². The Morgan fingerprint density at radius 2 is 2.45 bits per heavy atom. The van der Waals surface area contributed by atoms with Gasteiger partial charge < -0.3 is 15.2 Å². The molecule has 2 aromatic rings. The third-order valence-corrected chi connectivity index (χ3v) is 4.64. The molecule has 1 aliphatic heterocycles. The average Bonchev–Trinajstić information content (AvgIpc) is 3.20. The van der Waals surface area contributed by atoms with Crippen molar-refractivity contribution in [1.82, 2.24) is 15.0 Å². The van der Waals surface area contributed by atoms with E-state index in [1.165, 1.54) is 13.0 Å². The normalized spacial score (nSPS) is 19.8. The molecule has 3 rings (SSSR count). The number of aryl methyl sites for hydroxylation is 1. The Kier molecular flexibility index (Phi) is 4.44. The van der Waals surface area contributed by atoms with Crippen LogP contribution in [0.15, 0.2) is 22.0 Å². The van der Waals surface area contributed by atoms with Gasteiger partial charge in [0.05, 0.1) is 4.88 Å². The number of nitrogens with two attached hydrogens (primary N) is 1. The molecule has 3 heterocycles. The summed E-state index contributed by atoms with van der Waals surface area (Å²) in [6, 6.07) is 4.01. The lowest BCUT2D eigenvalue weighted by atomic mass is 10.1. The molecular weight excluding hydrogens is 272 g/mol. The van der Waals surface area contributed by atoms with Crippen molar-refractivity contribution in [3.8, 4) is 10.7 Å². The van der Waals surface area contributed by atoms with Crippen molar-refractivity contribution in [2.75, 3.05) is 26.2 Å². The predicted octanol–water partition coefficient (Wildman–Crippen LogP) is 2.01. The highest BCUT2D eigenvalue weighted by Gasteiger charge is 2.20. The third kappa shape index (κ3) is 3.26. The SMILES string of the molecule is NCC1CCN(CCCc2nc(-c3cccs3)no2)C1. The number of rotatable bonds is 6. The quantitative estimate of drug-likeness (QED) is 0.882. The van der Waals surface area contributed by atoms with Crippen molar-refractivity contribution >= 4 is 11.3 Å². The van der Waals surface area contributed by atoms with Gasteiger partial charge in [0.25, 0.3) is 0 Å². The van der Waals surface area contributed by atoms with E-state index in [2.05, 4.69) is 15.0 Å². The Hall–Kier alpha value is -1.24. The van der Waals surface area contributed by atoms with Gasteiger partial charge in [-0.15, -0.1) is 11.3 Å². The van der Waals surface area contributed by atoms with Crippen LogP contribution in [0.4, 0.5) is 0 Å². The number of aromatic nitrogens is 2. The van der Waals surface area contributed by atoms with Crippen molar-refractivity contribution in [3.05, 3.63) is 23.4 Å². The van der Waals surface area contributed by atoms with Gasteiger partial charge in [-0.05, 0) is 49.8 Å². The van der Waals surface area contributed by atoms with Crippen LogP contribution in [0, 0.1) is 5.92 Å². The molecule has 2 aromatic heterocycles. The molecule has 1 saturated heterocycles. The lowest BCUT2D eigenvalue weighted by Gasteiger charge is -2.14. The van der Waals surface area contributed by atoms with Crippen molar-refractivity contribution < 1.29 is 4.52 Å². The fourth-order valence-electron chi connectivity index (χ4n) is 2.62. The van der Waals surface area contributed by atoms with Gasteiger partial charge in [-0.3, -0.25) is 0 Å². The van der Waals surface area contributed by atoms with Crippen LogP contribution in [0.1, 0.15) is 18.7 Å². The van der Waals surface area contributed by atoms with Gasteiger partial charge in [-0.2, -0.15) is 4.98 Å². The molecule has 5 nitrogen and oxygen atoms in total. The highest BCUT2D eigenvalue weighted by Crippen LogP contribution is 2.21. The number of hydrogen-bond donors (Lipinski definition) is 1. The third-order valence-electron chi connectivity index (χ3n) is 3.78. The Labute approximate surface area is 122 Å². The minimum absolute atomic E-state index is 0.684. The van der Waals surface area contributed by atoms with Crippen LogP contribution < -0.4 is 5.73 Å². The first-order chi connectivity index (χ1) is 9.85. The van der Waals surface area contributed by atoms with E-state index < -0.39 is 0 Å². The monoisotopic (exact) mass is 292 g/mol. The molecule has 1 atom stereocenters. The molecule has 0 aromatic carbocycles. The summed E-state index contributed by atoms with van der Waals surface area (Å²) in [5.74, 6) is 2.13. The molecule has 0 bridgehead atoms. The van der Waals surface area contributed by atoms with Crippen LogP contribution in [-0.4, -0.2) is 41.2 Å². The molecule has 1 unspecified atom stereocenters. The van der Waals surface area contributed by atoms with E-state index >= 15 is 0 Å². The van der Waals surface area contributed by atoms with Crippen LogP contribution in [0.3, 0.4) is 0 Å². The molecule has 2 N–H and O–H groups in total. The van der Waals surface area contributed by atoms with Gasteiger partial charge in [0.15, 0.2) is 0 Å². The lowest BCUT2D eigenvalue weighted by Crippen LogP contribution is -2.24. The van der Waals surface area contributed by atoms with Crippen LogP contribution in [0.5, 0.6) is 0 Å². The summed E-state index contributed by atoms with van der Waals surface area (Å²) in [4.78, 5) is 7.98. The van der Waals surface area contributed by atoms with Crippen molar-refractivity contribution in [2.24, 2.45) is 11.7 Å². The summed E-state index contributed by atoms with van der Waals surface area (Å²) in [5, 5.41) is 6.05. The molecule has 0 aliphatic carbocycles. The molecule has 0 radical (unpaired) electrons. The van der Waals surface area contributed by atoms with Crippen LogP contribution in [0.2, 0.25) is 0 Å². The standard InChI is InChI=1S/C14H20N4OS/c15-9-11-5-7-18(10-11)6-1-4-13-16-14(17-19-13)12-3-2-8-20-12/h2-3,8,11H,1,4-7,9-10,15H2. The average molecular weight is 292 g/mol. The van der Waals surface area contributed by atoms with E-state index in [0.29, 0.717) is 11.7 Å². The highest BCUT2D eigenvalue weighted by atomic mass is 32.1. The van der Waals surface area contributed by atoms with Gasteiger partial charge in [-0.25, -0.2) is 0 Å². The van der Waals surface area contributed by atoms with Gasteiger partial charge >= 0.3 is 0 Å². The minimum Gasteiger partial charge on any atom is -0.339 e. The second-order valence-corrected chi connectivity index (χ2v) is 6.23.